The first-order valence-electron chi connectivity index (χ1n) is 42.1. The highest BCUT2D eigenvalue weighted by Crippen LogP contribution is 2.45. The van der Waals surface area contributed by atoms with Crippen molar-refractivity contribution in [2.75, 3.05) is 33.0 Å². The average molecular weight is 1380 g/mol. The van der Waals surface area contributed by atoms with Crippen LogP contribution < -0.4 is 19.5 Å². The van der Waals surface area contributed by atoms with E-state index < -0.39 is 24.1 Å². The predicted molar refractivity (Wildman–Crippen MR) is 418 cm³/mol. The molecule has 2 aliphatic rings. The molecule has 10 nitrogen and oxygen atoms in total. The number of nitrogens with one attached hydrogen (secondary N) is 1. The summed E-state index contributed by atoms with van der Waals surface area (Å²) < 4.78 is 32.5. The molecule has 4 aromatic rings. The van der Waals surface area contributed by atoms with Crippen molar-refractivity contribution in [1.29, 1.82) is 0 Å². The molecule has 1 aliphatic heterocycles. The van der Waals surface area contributed by atoms with E-state index in [1.807, 2.05) is 66.7 Å². The van der Waals surface area contributed by atoms with Crippen molar-refractivity contribution in [2.24, 2.45) is 0 Å². The van der Waals surface area contributed by atoms with E-state index in [-0.39, 0.29) is 31.5 Å². The van der Waals surface area contributed by atoms with Gasteiger partial charge in [-0.25, -0.2) is 9.59 Å². The fraction of sp³-hybridized carbons (Fsp3) is 0.700. The van der Waals surface area contributed by atoms with Crippen LogP contribution in [0.2, 0.25) is 0 Å². The number of hydrogen-bond donors (Lipinski definition) is 1. The smallest absolute Gasteiger partial charge is 0.407 e. The first kappa shape index (κ1) is 83.4. The Kier molecular flexibility index (Phi) is 46.0. The molecule has 2 unspecified atom stereocenters. The second-order valence-corrected chi connectivity index (χ2v) is 29.9. The monoisotopic (exact) mass is 1380 g/mol. The van der Waals surface area contributed by atoms with Crippen LogP contribution in [0.3, 0.4) is 0 Å². The van der Waals surface area contributed by atoms with E-state index in [1.54, 1.807) is 4.90 Å². The normalized spacial score (nSPS) is 13.7. The summed E-state index contributed by atoms with van der Waals surface area (Å²) in [4.78, 5) is 44.8. The van der Waals surface area contributed by atoms with E-state index in [0.717, 1.165) is 71.9 Å². The van der Waals surface area contributed by atoms with Gasteiger partial charge in [-0.2, -0.15) is 0 Å². The van der Waals surface area contributed by atoms with Crippen LogP contribution >= 0.6 is 0 Å². The highest BCUT2D eigenvalue weighted by molar-refractivity contribution is 5.90. The number of carbonyl (C=O) groups excluding carboxylic acids is 3. The molecule has 2 atom stereocenters. The van der Waals surface area contributed by atoms with Crippen LogP contribution in [0.15, 0.2) is 91.0 Å². The fourth-order valence-corrected chi connectivity index (χ4v) is 15.1. The van der Waals surface area contributed by atoms with Crippen molar-refractivity contribution in [3.63, 3.8) is 0 Å². The molecule has 100 heavy (non-hydrogen) atoms. The van der Waals surface area contributed by atoms with Crippen LogP contribution in [0.4, 0.5) is 4.79 Å². The van der Waals surface area contributed by atoms with Crippen molar-refractivity contribution in [3.8, 4) is 28.4 Å². The summed E-state index contributed by atoms with van der Waals surface area (Å²) in [6.45, 7) is 9.04. The quantitative estimate of drug-likeness (QED) is 0.0344. The van der Waals surface area contributed by atoms with Crippen molar-refractivity contribution in [3.05, 3.63) is 113 Å². The molecule has 1 fully saturated rings. The number of unbranched alkanes of at least 4 members (excludes halogenated alkanes) is 45. The lowest BCUT2D eigenvalue weighted by atomic mass is 9.98. The Balaban J connectivity index is 1.06. The summed E-state index contributed by atoms with van der Waals surface area (Å²) in [6.07, 6.45) is 63.7. The Morgan fingerprint density at radius 1 is 0.410 bits per heavy atom. The van der Waals surface area contributed by atoms with Gasteiger partial charge in [0.15, 0.2) is 11.5 Å². The minimum Gasteiger partial charge on any atom is -0.490 e. The summed E-state index contributed by atoms with van der Waals surface area (Å²) in [5.74, 6) is 0.971. The third kappa shape index (κ3) is 34.6. The van der Waals surface area contributed by atoms with Crippen molar-refractivity contribution in [2.45, 2.75) is 373 Å². The lowest BCUT2D eigenvalue weighted by Gasteiger charge is -2.28. The molecule has 0 bridgehead atoms. The van der Waals surface area contributed by atoms with Gasteiger partial charge in [-0.3, -0.25) is 4.79 Å². The summed E-state index contributed by atoms with van der Waals surface area (Å²) in [5.41, 5.74) is 6.14. The molecule has 560 valence electrons. The highest BCUT2D eigenvalue weighted by Gasteiger charge is 2.39. The Morgan fingerprint density at radius 2 is 0.760 bits per heavy atom. The zero-order valence-electron chi connectivity index (χ0n) is 63.9. The van der Waals surface area contributed by atoms with Crippen LogP contribution in [-0.2, 0) is 32.1 Å². The topological polar surface area (TPSA) is 113 Å². The van der Waals surface area contributed by atoms with Crippen LogP contribution in [0.25, 0.3) is 11.1 Å². The minimum absolute atomic E-state index is 0.0208. The molecular weight excluding hydrogens is 1240 g/mol. The zero-order chi connectivity index (χ0) is 70.4. The lowest BCUT2D eigenvalue weighted by molar-refractivity contribution is -0.155. The van der Waals surface area contributed by atoms with Crippen molar-refractivity contribution < 1.29 is 38.1 Å². The number of esters is 1. The maximum atomic E-state index is 14.8. The van der Waals surface area contributed by atoms with Crippen LogP contribution in [0.1, 0.15) is 370 Å². The molecule has 1 aliphatic carbocycles. The molecule has 2 amide bonds. The summed E-state index contributed by atoms with van der Waals surface area (Å²) in [5, 5.41) is 2.95. The van der Waals surface area contributed by atoms with Gasteiger partial charge >= 0.3 is 12.1 Å². The van der Waals surface area contributed by atoms with E-state index in [9.17, 15) is 14.4 Å². The standard InChI is InChI=1S/C90H142N2O8/c1-4-7-10-13-16-19-22-25-28-31-34-37-40-43-46-56-68-96-85-72-77(73-86(97-69-57-47-44-41-38-35-32-29-26-23-20-17-14-11-8-5-2)87(85)98-70-58-48-45-42-39-36-33-30-27-24-21-18-15-12-9-6-3)74-99-89(94)84-66-59-67-92(84)88(93)83(71-76-60-50-49-51-61-76)91-90(95)100-75-82-80-64-54-52-62-78(80)79-63-53-55-65-81(79)82/h49-55,60-65,72-73,82-84H,4-48,56-59,66-71,74-75H2,1-3H3,(H,91,95). The second kappa shape index (κ2) is 55.1. The van der Waals surface area contributed by atoms with E-state index in [4.69, 9.17) is 23.7 Å². The number of likely N-dealkylation sites (tertiary alicyclic amines) is 1. The third-order valence-corrected chi connectivity index (χ3v) is 21.2. The number of carbonyl (C=O) groups is 3. The molecule has 0 radical (unpaired) electrons. The maximum Gasteiger partial charge on any atom is 0.407 e. The predicted octanol–water partition coefficient (Wildman–Crippen LogP) is 25.8. The summed E-state index contributed by atoms with van der Waals surface area (Å²) in [7, 11) is 0. The average Bonchev–Trinajstić information content (AvgIpc) is 1.61. The zero-order valence-corrected chi connectivity index (χ0v) is 63.9. The number of rotatable bonds is 63. The van der Waals surface area contributed by atoms with Gasteiger partial charge in [0.1, 0.15) is 25.3 Å². The Morgan fingerprint density at radius 3 is 1.15 bits per heavy atom. The van der Waals surface area contributed by atoms with Gasteiger partial charge in [0.2, 0.25) is 11.7 Å². The van der Waals surface area contributed by atoms with Gasteiger partial charge in [-0.1, -0.05) is 389 Å². The molecule has 1 saturated heterocycles. The Labute approximate surface area is 610 Å². The third-order valence-electron chi connectivity index (χ3n) is 21.2. The van der Waals surface area contributed by atoms with Gasteiger partial charge in [0, 0.05) is 18.9 Å². The maximum absolute atomic E-state index is 14.8. The fourth-order valence-electron chi connectivity index (χ4n) is 15.1. The van der Waals surface area contributed by atoms with Gasteiger partial charge in [0.25, 0.3) is 0 Å². The molecule has 6 rings (SSSR count). The first-order chi connectivity index (χ1) is 49.4. The van der Waals surface area contributed by atoms with E-state index in [1.165, 1.54) is 270 Å². The number of hydrogen-bond acceptors (Lipinski definition) is 8. The molecule has 1 heterocycles. The molecule has 4 aromatic carbocycles. The molecular formula is C90H142N2O8. The van der Waals surface area contributed by atoms with Crippen molar-refractivity contribution in [1.82, 2.24) is 10.2 Å². The largest absolute Gasteiger partial charge is 0.490 e. The summed E-state index contributed by atoms with van der Waals surface area (Å²) >= 11 is 0. The van der Waals surface area contributed by atoms with Crippen molar-refractivity contribution >= 4 is 18.0 Å². The number of fused-ring (bicyclic) bond motifs is 3. The van der Waals surface area contributed by atoms with Crippen LogP contribution in [0.5, 0.6) is 17.2 Å². The SMILES string of the molecule is CCCCCCCCCCCCCCCCCCOc1cc(COC(=O)C2CCCN2C(=O)C(Cc2ccccc2)NC(=O)OCC2c3ccccc3-c3ccccc32)cc(OCCCCCCCCCCCCCCCCCC)c1OCCCCCCCCCCCCCCCCCC. The number of benzene rings is 4. The Hall–Kier alpha value is -5.51. The number of alkyl carbamates (subject to hydrolysis) is 1. The first-order valence-corrected chi connectivity index (χ1v) is 42.1. The van der Waals surface area contributed by atoms with Gasteiger partial charge in [-0.15, -0.1) is 0 Å². The lowest BCUT2D eigenvalue weighted by Crippen LogP contribution is -2.53. The highest BCUT2D eigenvalue weighted by atomic mass is 16.6. The molecule has 0 aromatic heterocycles. The number of ether oxygens (including phenoxy) is 5. The van der Waals surface area contributed by atoms with E-state index in [0.29, 0.717) is 56.5 Å². The van der Waals surface area contributed by atoms with E-state index in [2.05, 4.69) is 50.4 Å². The molecule has 1 N–H and O–H groups in total. The molecule has 0 spiro atoms. The Bertz CT molecular complexity index is 2610. The van der Waals surface area contributed by atoms with Crippen LogP contribution in [-0.4, -0.2) is 67.9 Å². The minimum atomic E-state index is -0.971. The summed E-state index contributed by atoms with van der Waals surface area (Å²) in [6, 6.07) is 28.4. The second-order valence-electron chi connectivity index (χ2n) is 29.9. The van der Waals surface area contributed by atoms with Gasteiger partial charge in [0.05, 0.1) is 19.8 Å². The van der Waals surface area contributed by atoms with E-state index >= 15 is 0 Å². The molecule has 0 saturated carbocycles. The number of nitrogens with zero attached hydrogens (tertiary/aromatic N) is 1. The molecule has 10 heteroatoms. The number of amides is 2. The van der Waals surface area contributed by atoms with Gasteiger partial charge < -0.3 is 33.9 Å². The van der Waals surface area contributed by atoms with Crippen LogP contribution in [0, 0.1) is 0 Å². The van der Waals surface area contributed by atoms with Gasteiger partial charge in [-0.05, 0) is 77.6 Å².